The minimum atomic E-state index is -0.541. The van der Waals surface area contributed by atoms with Crippen LogP contribution < -0.4 is 9.47 Å². The van der Waals surface area contributed by atoms with Crippen molar-refractivity contribution in [2.24, 2.45) is 0 Å². The highest BCUT2D eigenvalue weighted by Crippen LogP contribution is 2.34. The molecule has 6 nitrogen and oxygen atoms in total. The van der Waals surface area contributed by atoms with Crippen LogP contribution in [0.1, 0.15) is 0 Å². The quantitative estimate of drug-likeness (QED) is 0.487. The number of hydrogen-bond donors (Lipinski definition) is 0. The van der Waals surface area contributed by atoms with Gasteiger partial charge in [-0.05, 0) is 18.2 Å². The topological polar surface area (TPSA) is 74.5 Å². The molecule has 0 bridgehead atoms. The number of nitro benzene ring substituents is 1. The van der Waals surface area contributed by atoms with Crippen LogP contribution in [0.25, 0.3) is 0 Å². The van der Waals surface area contributed by atoms with Crippen molar-refractivity contribution in [3.05, 3.63) is 51.8 Å². The SMILES string of the molecule is COc1ccc(Oc2ccnc(Cl)c2)c([N+](=O)[O-])c1. The zero-order chi connectivity index (χ0) is 13.8. The summed E-state index contributed by atoms with van der Waals surface area (Å²) in [6.45, 7) is 0. The van der Waals surface area contributed by atoms with Crippen molar-refractivity contribution in [2.75, 3.05) is 7.11 Å². The van der Waals surface area contributed by atoms with Gasteiger partial charge in [-0.15, -0.1) is 0 Å². The van der Waals surface area contributed by atoms with Gasteiger partial charge in [0.25, 0.3) is 0 Å². The molecule has 0 unspecified atom stereocenters. The third-order valence-electron chi connectivity index (χ3n) is 2.29. The normalized spacial score (nSPS) is 10.0. The molecule has 1 aromatic heterocycles. The summed E-state index contributed by atoms with van der Waals surface area (Å²) in [7, 11) is 1.43. The number of ether oxygens (including phenoxy) is 2. The van der Waals surface area contributed by atoms with E-state index < -0.39 is 4.92 Å². The Balaban J connectivity index is 2.36. The molecule has 2 aromatic rings. The molecule has 98 valence electrons. The Bertz CT molecular complexity index is 618. The summed E-state index contributed by atoms with van der Waals surface area (Å²) in [6, 6.07) is 7.35. The van der Waals surface area contributed by atoms with E-state index in [0.29, 0.717) is 11.5 Å². The predicted octanol–water partition coefficient (Wildman–Crippen LogP) is 3.44. The third-order valence-corrected chi connectivity index (χ3v) is 2.50. The minimum absolute atomic E-state index is 0.105. The second-order valence-corrected chi connectivity index (χ2v) is 3.89. The summed E-state index contributed by atoms with van der Waals surface area (Å²) >= 11 is 5.72. The van der Waals surface area contributed by atoms with Gasteiger partial charge >= 0.3 is 5.69 Å². The van der Waals surface area contributed by atoms with Crippen LogP contribution in [0.4, 0.5) is 5.69 Å². The number of nitrogens with zero attached hydrogens (tertiary/aromatic N) is 2. The van der Waals surface area contributed by atoms with Crippen molar-refractivity contribution < 1.29 is 14.4 Å². The molecular weight excluding hydrogens is 272 g/mol. The number of hydrogen-bond acceptors (Lipinski definition) is 5. The molecule has 0 fully saturated rings. The molecule has 19 heavy (non-hydrogen) atoms. The van der Waals surface area contributed by atoms with Crippen LogP contribution in [0.15, 0.2) is 36.5 Å². The molecule has 0 N–H and O–H groups in total. The Kier molecular flexibility index (Phi) is 3.82. The Labute approximate surface area is 113 Å². The summed E-state index contributed by atoms with van der Waals surface area (Å²) in [5.74, 6) is 0.855. The molecule has 1 heterocycles. The molecule has 0 saturated carbocycles. The minimum Gasteiger partial charge on any atom is -0.496 e. The fourth-order valence-electron chi connectivity index (χ4n) is 1.43. The summed E-state index contributed by atoms with van der Waals surface area (Å²) in [6.07, 6.45) is 1.45. The van der Waals surface area contributed by atoms with Gasteiger partial charge in [-0.25, -0.2) is 4.98 Å². The first kappa shape index (κ1) is 13.1. The van der Waals surface area contributed by atoms with E-state index in [1.54, 1.807) is 12.1 Å². The zero-order valence-electron chi connectivity index (χ0n) is 9.87. The third kappa shape index (κ3) is 3.11. The molecule has 2 rings (SSSR count). The van der Waals surface area contributed by atoms with Crippen LogP contribution in [0, 0.1) is 10.1 Å². The lowest BCUT2D eigenvalue weighted by atomic mass is 10.3. The maximum absolute atomic E-state index is 11.0. The van der Waals surface area contributed by atoms with Crippen LogP contribution in [0.2, 0.25) is 5.15 Å². The zero-order valence-corrected chi connectivity index (χ0v) is 10.6. The number of aromatic nitrogens is 1. The summed E-state index contributed by atoms with van der Waals surface area (Å²) in [5.41, 5.74) is -0.188. The van der Waals surface area contributed by atoms with Gasteiger partial charge < -0.3 is 9.47 Å². The Morgan fingerprint density at radius 1 is 1.26 bits per heavy atom. The molecular formula is C12H9ClN2O4. The monoisotopic (exact) mass is 280 g/mol. The lowest BCUT2D eigenvalue weighted by molar-refractivity contribution is -0.385. The first-order valence-corrected chi connectivity index (χ1v) is 5.60. The van der Waals surface area contributed by atoms with Crippen LogP contribution in [0.5, 0.6) is 17.2 Å². The summed E-state index contributed by atoms with van der Waals surface area (Å²) in [5, 5.41) is 11.2. The molecule has 7 heteroatoms. The number of nitro groups is 1. The van der Waals surface area contributed by atoms with E-state index in [1.807, 2.05) is 0 Å². The van der Waals surface area contributed by atoms with Crippen LogP contribution in [0.3, 0.4) is 0 Å². The average molecular weight is 281 g/mol. The second kappa shape index (κ2) is 5.53. The molecule has 0 aliphatic heterocycles. The Morgan fingerprint density at radius 2 is 2.05 bits per heavy atom. The fraction of sp³-hybridized carbons (Fsp3) is 0.0833. The number of rotatable bonds is 4. The van der Waals surface area contributed by atoms with Gasteiger partial charge in [-0.3, -0.25) is 10.1 Å². The highest BCUT2D eigenvalue weighted by molar-refractivity contribution is 6.29. The van der Waals surface area contributed by atoms with E-state index in [9.17, 15) is 10.1 Å². The molecule has 0 amide bonds. The molecule has 0 aliphatic carbocycles. The lowest BCUT2D eigenvalue weighted by Crippen LogP contribution is -1.95. The highest BCUT2D eigenvalue weighted by atomic mass is 35.5. The van der Waals surface area contributed by atoms with Crippen molar-refractivity contribution in [1.29, 1.82) is 0 Å². The number of methoxy groups -OCH3 is 1. The maximum atomic E-state index is 11.0. The van der Waals surface area contributed by atoms with E-state index in [4.69, 9.17) is 21.1 Å². The first-order chi connectivity index (χ1) is 9.10. The molecule has 1 aromatic carbocycles. The van der Waals surface area contributed by atoms with E-state index in [0.717, 1.165) is 0 Å². The molecule has 0 saturated heterocycles. The number of pyridine rings is 1. The van der Waals surface area contributed by atoms with Crippen molar-refractivity contribution in [3.63, 3.8) is 0 Å². The summed E-state index contributed by atoms with van der Waals surface area (Å²) < 4.78 is 10.4. The number of halogens is 1. The van der Waals surface area contributed by atoms with Gasteiger partial charge in [-0.1, -0.05) is 11.6 Å². The second-order valence-electron chi connectivity index (χ2n) is 3.51. The van der Waals surface area contributed by atoms with Gasteiger partial charge in [0.1, 0.15) is 16.7 Å². The first-order valence-electron chi connectivity index (χ1n) is 5.22. The van der Waals surface area contributed by atoms with E-state index >= 15 is 0 Å². The van der Waals surface area contributed by atoms with Gasteiger partial charge in [-0.2, -0.15) is 0 Å². The van der Waals surface area contributed by atoms with Crippen LogP contribution in [-0.2, 0) is 0 Å². The van der Waals surface area contributed by atoms with Gasteiger partial charge in [0, 0.05) is 12.3 Å². The van der Waals surface area contributed by atoms with Gasteiger partial charge in [0.2, 0.25) is 5.75 Å². The van der Waals surface area contributed by atoms with Crippen molar-refractivity contribution in [1.82, 2.24) is 4.98 Å². The standard InChI is InChI=1S/C12H9ClN2O4/c1-18-8-2-3-11(10(6-8)15(16)17)19-9-4-5-14-12(13)7-9/h2-7H,1H3. The van der Waals surface area contributed by atoms with E-state index in [-0.39, 0.29) is 16.6 Å². The van der Waals surface area contributed by atoms with Gasteiger partial charge in [0.05, 0.1) is 18.1 Å². The maximum Gasteiger partial charge on any atom is 0.315 e. The smallest absolute Gasteiger partial charge is 0.315 e. The number of benzene rings is 1. The van der Waals surface area contributed by atoms with Crippen LogP contribution in [-0.4, -0.2) is 17.0 Å². The molecule has 0 atom stereocenters. The Hall–Kier alpha value is -2.34. The van der Waals surface area contributed by atoms with Crippen molar-refractivity contribution in [3.8, 4) is 17.2 Å². The lowest BCUT2D eigenvalue weighted by Gasteiger charge is -2.07. The van der Waals surface area contributed by atoms with Crippen molar-refractivity contribution in [2.45, 2.75) is 0 Å². The summed E-state index contributed by atoms with van der Waals surface area (Å²) in [4.78, 5) is 14.2. The predicted molar refractivity (Wildman–Crippen MR) is 69.0 cm³/mol. The Morgan fingerprint density at radius 3 is 2.68 bits per heavy atom. The average Bonchev–Trinajstić information content (AvgIpc) is 2.39. The highest BCUT2D eigenvalue weighted by Gasteiger charge is 2.17. The van der Waals surface area contributed by atoms with E-state index in [2.05, 4.69) is 4.98 Å². The van der Waals surface area contributed by atoms with Gasteiger partial charge in [0.15, 0.2) is 0 Å². The molecule has 0 radical (unpaired) electrons. The van der Waals surface area contributed by atoms with Crippen LogP contribution >= 0.6 is 11.6 Å². The molecule has 0 spiro atoms. The largest absolute Gasteiger partial charge is 0.496 e. The molecule has 0 aliphatic rings. The van der Waals surface area contributed by atoms with Crippen molar-refractivity contribution >= 4 is 17.3 Å². The van der Waals surface area contributed by atoms with E-state index in [1.165, 1.54) is 31.5 Å². The fourth-order valence-corrected chi connectivity index (χ4v) is 1.59.